The molecule has 1 atom stereocenters. The summed E-state index contributed by atoms with van der Waals surface area (Å²) in [6, 6.07) is 8.95. The Hall–Kier alpha value is -2.57. The molecule has 7 nitrogen and oxygen atoms in total. The standard InChI is InChI=1S/C17H22N2O5/c1-12(2)15(20)18-9-6-10-19(18)17(23)24-14(16(21)22)11-13-7-4-3-5-8-13/h3-5,7-8,12,14H,6,9-11H2,1-2H3,(H,21,22)/t14-/m0/s1. The van der Waals surface area contributed by atoms with Crippen LogP contribution in [0.15, 0.2) is 30.3 Å². The summed E-state index contributed by atoms with van der Waals surface area (Å²) in [6.07, 6.45) is -1.38. The normalized spacial score (nSPS) is 15.5. The molecule has 0 unspecified atom stereocenters. The van der Waals surface area contributed by atoms with Crippen LogP contribution < -0.4 is 0 Å². The van der Waals surface area contributed by atoms with Crippen molar-refractivity contribution in [1.29, 1.82) is 0 Å². The number of rotatable bonds is 5. The fourth-order valence-corrected chi connectivity index (χ4v) is 2.52. The highest BCUT2D eigenvalue weighted by Gasteiger charge is 2.35. The van der Waals surface area contributed by atoms with Crippen molar-refractivity contribution < 1.29 is 24.2 Å². The lowest BCUT2D eigenvalue weighted by Gasteiger charge is -2.29. The van der Waals surface area contributed by atoms with Crippen molar-refractivity contribution in [1.82, 2.24) is 10.0 Å². The zero-order chi connectivity index (χ0) is 17.7. The van der Waals surface area contributed by atoms with E-state index in [2.05, 4.69) is 0 Å². The van der Waals surface area contributed by atoms with E-state index in [4.69, 9.17) is 4.74 Å². The molecule has 2 amide bonds. The van der Waals surface area contributed by atoms with Gasteiger partial charge in [0.2, 0.25) is 12.0 Å². The third-order valence-electron chi connectivity index (χ3n) is 3.77. The quantitative estimate of drug-likeness (QED) is 0.889. The first-order valence-electron chi connectivity index (χ1n) is 7.96. The molecule has 0 bridgehead atoms. The molecule has 0 aromatic heterocycles. The van der Waals surface area contributed by atoms with Gasteiger partial charge in [-0.25, -0.2) is 19.6 Å². The van der Waals surface area contributed by atoms with Crippen LogP contribution in [0.25, 0.3) is 0 Å². The predicted molar refractivity (Wildman–Crippen MR) is 85.9 cm³/mol. The maximum atomic E-state index is 12.3. The first-order valence-corrected chi connectivity index (χ1v) is 7.96. The monoisotopic (exact) mass is 334 g/mol. The highest BCUT2D eigenvalue weighted by atomic mass is 16.6. The molecule has 1 saturated heterocycles. The first-order chi connectivity index (χ1) is 11.4. The number of carboxylic acids is 1. The highest BCUT2D eigenvalue weighted by molar-refractivity contribution is 5.82. The summed E-state index contributed by atoms with van der Waals surface area (Å²) < 4.78 is 5.15. The van der Waals surface area contributed by atoms with Crippen molar-refractivity contribution in [2.45, 2.75) is 32.8 Å². The molecular formula is C17H22N2O5. The number of hydrazine groups is 1. The molecule has 1 N–H and O–H groups in total. The third kappa shape index (κ3) is 4.24. The number of carbonyl (C=O) groups is 3. The molecule has 24 heavy (non-hydrogen) atoms. The van der Waals surface area contributed by atoms with E-state index in [9.17, 15) is 19.5 Å². The van der Waals surface area contributed by atoms with Crippen molar-refractivity contribution in [3.8, 4) is 0 Å². The van der Waals surface area contributed by atoms with Crippen LogP contribution in [0, 0.1) is 5.92 Å². The number of hydrogen-bond acceptors (Lipinski definition) is 4. The molecule has 2 rings (SSSR count). The van der Waals surface area contributed by atoms with Crippen LogP contribution in [0.5, 0.6) is 0 Å². The summed E-state index contributed by atoms with van der Waals surface area (Å²) >= 11 is 0. The van der Waals surface area contributed by atoms with Gasteiger partial charge in [0.05, 0.1) is 0 Å². The average molecular weight is 334 g/mol. The zero-order valence-corrected chi connectivity index (χ0v) is 13.8. The fourth-order valence-electron chi connectivity index (χ4n) is 2.52. The summed E-state index contributed by atoms with van der Waals surface area (Å²) in [4.78, 5) is 35.9. The molecule has 1 heterocycles. The number of hydrogen-bond donors (Lipinski definition) is 1. The van der Waals surface area contributed by atoms with Crippen molar-refractivity contribution in [3.05, 3.63) is 35.9 Å². The Morgan fingerprint density at radius 1 is 1.12 bits per heavy atom. The third-order valence-corrected chi connectivity index (χ3v) is 3.77. The minimum Gasteiger partial charge on any atom is -0.478 e. The van der Waals surface area contributed by atoms with Crippen LogP contribution in [0.1, 0.15) is 25.8 Å². The average Bonchev–Trinajstić information content (AvgIpc) is 3.03. The number of amides is 2. The molecule has 130 valence electrons. The van der Waals surface area contributed by atoms with Gasteiger partial charge in [-0.3, -0.25) is 4.79 Å². The Morgan fingerprint density at radius 3 is 2.33 bits per heavy atom. The van der Waals surface area contributed by atoms with Gasteiger partial charge >= 0.3 is 12.1 Å². The van der Waals surface area contributed by atoms with E-state index >= 15 is 0 Å². The Kier molecular flexibility index (Phi) is 5.78. The van der Waals surface area contributed by atoms with Gasteiger partial charge in [-0.15, -0.1) is 0 Å². The molecule has 0 saturated carbocycles. The van der Waals surface area contributed by atoms with Gasteiger partial charge in [-0.1, -0.05) is 44.2 Å². The summed E-state index contributed by atoms with van der Waals surface area (Å²) in [5.74, 6) is -1.65. The Labute approximate surface area is 140 Å². The number of ether oxygens (including phenoxy) is 1. The topological polar surface area (TPSA) is 87.2 Å². The molecule has 0 aliphatic carbocycles. The number of carbonyl (C=O) groups excluding carboxylic acids is 2. The van der Waals surface area contributed by atoms with Gasteiger partial charge in [-0.05, 0) is 12.0 Å². The fraction of sp³-hybridized carbons (Fsp3) is 0.471. The van der Waals surface area contributed by atoms with Gasteiger partial charge in [0.15, 0.2) is 0 Å². The second-order valence-corrected chi connectivity index (χ2v) is 5.99. The molecule has 7 heteroatoms. The number of benzene rings is 1. The van der Waals surface area contributed by atoms with Crippen LogP contribution in [-0.2, 0) is 20.7 Å². The summed E-state index contributed by atoms with van der Waals surface area (Å²) in [5.41, 5.74) is 0.759. The van der Waals surface area contributed by atoms with E-state index in [0.29, 0.717) is 19.5 Å². The van der Waals surface area contributed by atoms with Crippen molar-refractivity contribution in [3.63, 3.8) is 0 Å². The maximum absolute atomic E-state index is 12.3. The van der Waals surface area contributed by atoms with E-state index in [0.717, 1.165) is 5.56 Å². The van der Waals surface area contributed by atoms with Gasteiger partial charge in [0, 0.05) is 25.4 Å². The second-order valence-electron chi connectivity index (χ2n) is 5.99. The predicted octanol–water partition coefficient (Wildman–Crippen LogP) is 1.92. The van der Waals surface area contributed by atoms with Gasteiger partial charge < -0.3 is 9.84 Å². The zero-order valence-electron chi connectivity index (χ0n) is 13.8. The SMILES string of the molecule is CC(C)C(=O)N1CCCN1C(=O)O[C@@H](Cc1ccccc1)C(=O)O. The molecule has 0 spiro atoms. The molecule has 1 fully saturated rings. The highest BCUT2D eigenvalue weighted by Crippen LogP contribution is 2.17. The van der Waals surface area contributed by atoms with Crippen LogP contribution in [-0.4, -0.2) is 52.3 Å². The van der Waals surface area contributed by atoms with Gasteiger partial charge in [0.25, 0.3) is 0 Å². The van der Waals surface area contributed by atoms with Crippen LogP contribution in [0.3, 0.4) is 0 Å². The minimum absolute atomic E-state index is 0.0773. The van der Waals surface area contributed by atoms with Gasteiger partial charge in [0.1, 0.15) is 0 Å². The smallest absolute Gasteiger partial charge is 0.429 e. The van der Waals surface area contributed by atoms with Crippen molar-refractivity contribution in [2.75, 3.05) is 13.1 Å². The molecule has 1 aliphatic rings. The number of nitrogens with zero attached hydrogens (tertiary/aromatic N) is 2. The number of aliphatic carboxylic acids is 1. The molecular weight excluding hydrogens is 312 g/mol. The van der Waals surface area contributed by atoms with E-state index < -0.39 is 18.2 Å². The van der Waals surface area contributed by atoms with Crippen LogP contribution >= 0.6 is 0 Å². The lowest BCUT2D eigenvalue weighted by atomic mass is 10.1. The lowest BCUT2D eigenvalue weighted by molar-refractivity contribution is -0.151. The van der Waals surface area contributed by atoms with E-state index in [1.54, 1.807) is 38.1 Å². The van der Waals surface area contributed by atoms with Crippen molar-refractivity contribution >= 4 is 18.0 Å². The number of carboxylic acid groups (broad SMARTS) is 1. The van der Waals surface area contributed by atoms with E-state index in [1.165, 1.54) is 10.0 Å². The first kappa shape index (κ1) is 17.8. The largest absolute Gasteiger partial charge is 0.478 e. The Bertz CT molecular complexity index is 602. The maximum Gasteiger partial charge on any atom is 0.429 e. The van der Waals surface area contributed by atoms with Crippen molar-refractivity contribution in [2.24, 2.45) is 5.92 Å². The minimum atomic E-state index is -1.29. The Balaban J connectivity index is 2.04. The van der Waals surface area contributed by atoms with Crippen LogP contribution in [0.4, 0.5) is 4.79 Å². The lowest BCUT2D eigenvalue weighted by Crippen LogP contribution is -2.48. The molecule has 1 aromatic rings. The van der Waals surface area contributed by atoms with E-state index in [1.807, 2.05) is 6.07 Å². The van der Waals surface area contributed by atoms with Crippen LogP contribution in [0.2, 0.25) is 0 Å². The second kappa shape index (κ2) is 7.81. The summed E-state index contributed by atoms with van der Waals surface area (Å²) in [6.45, 7) is 4.27. The molecule has 1 aliphatic heterocycles. The molecule has 0 radical (unpaired) electrons. The Morgan fingerprint density at radius 2 is 1.75 bits per heavy atom. The molecule has 1 aromatic carbocycles. The van der Waals surface area contributed by atoms with E-state index in [-0.39, 0.29) is 18.2 Å². The van der Waals surface area contributed by atoms with Gasteiger partial charge in [-0.2, -0.15) is 0 Å². The summed E-state index contributed by atoms with van der Waals surface area (Å²) in [7, 11) is 0. The summed E-state index contributed by atoms with van der Waals surface area (Å²) in [5, 5.41) is 11.9.